The number of aliphatic hydroxyl groups is 1. The van der Waals surface area contributed by atoms with Crippen molar-refractivity contribution in [3.63, 3.8) is 0 Å². The topological polar surface area (TPSA) is 67.2 Å². The van der Waals surface area contributed by atoms with Crippen LogP contribution in [0.5, 0.6) is 0 Å². The number of carbonyl (C=O) groups is 1. The second-order valence-corrected chi connectivity index (χ2v) is 6.53. The van der Waals surface area contributed by atoms with Crippen LogP contribution in [-0.2, 0) is 6.54 Å². The molecule has 1 unspecified atom stereocenters. The van der Waals surface area contributed by atoms with Gasteiger partial charge in [0.25, 0.3) is 5.91 Å². The monoisotopic (exact) mass is 387 g/mol. The highest BCUT2D eigenvalue weighted by Crippen LogP contribution is 2.21. The van der Waals surface area contributed by atoms with Crippen molar-refractivity contribution in [1.29, 1.82) is 0 Å². The second kappa shape index (κ2) is 8.33. The molecule has 0 radical (unpaired) electrons. The number of carbonyl (C=O) groups excluding carboxylic acids is 1. The highest BCUT2D eigenvalue weighted by Gasteiger charge is 2.21. The van der Waals surface area contributed by atoms with Crippen LogP contribution < -0.4 is 5.32 Å². The SMILES string of the molecule is Cc1nn(Cc2ccccc2)c(Cl)c1C(=O)NCC(O)c1cccc(F)c1. The lowest BCUT2D eigenvalue weighted by atomic mass is 10.1. The Hall–Kier alpha value is -2.70. The summed E-state index contributed by atoms with van der Waals surface area (Å²) in [5.74, 6) is -0.883. The molecular formula is C20H19ClFN3O2. The van der Waals surface area contributed by atoms with Gasteiger partial charge in [-0.2, -0.15) is 5.10 Å². The van der Waals surface area contributed by atoms with Gasteiger partial charge in [-0.15, -0.1) is 0 Å². The van der Waals surface area contributed by atoms with Gasteiger partial charge in [-0.25, -0.2) is 9.07 Å². The number of aryl methyl sites for hydroxylation is 1. The van der Waals surface area contributed by atoms with E-state index in [1.165, 1.54) is 18.2 Å². The lowest BCUT2D eigenvalue weighted by molar-refractivity contribution is 0.0915. The summed E-state index contributed by atoms with van der Waals surface area (Å²) in [5, 5.41) is 17.3. The molecule has 1 heterocycles. The van der Waals surface area contributed by atoms with E-state index in [9.17, 15) is 14.3 Å². The van der Waals surface area contributed by atoms with Crippen molar-refractivity contribution in [3.8, 4) is 0 Å². The van der Waals surface area contributed by atoms with Crippen LogP contribution >= 0.6 is 11.6 Å². The summed E-state index contributed by atoms with van der Waals surface area (Å²) in [5.41, 5.74) is 2.15. The first-order chi connectivity index (χ1) is 13.0. The molecule has 5 nitrogen and oxygen atoms in total. The maximum absolute atomic E-state index is 13.3. The molecule has 140 valence electrons. The van der Waals surface area contributed by atoms with Crippen LogP contribution in [-0.4, -0.2) is 27.3 Å². The molecule has 0 aliphatic heterocycles. The van der Waals surface area contributed by atoms with E-state index in [0.29, 0.717) is 17.8 Å². The third-order valence-electron chi connectivity index (χ3n) is 4.16. The van der Waals surface area contributed by atoms with Crippen LogP contribution in [0.1, 0.15) is 33.3 Å². The molecule has 7 heteroatoms. The molecule has 0 saturated carbocycles. The van der Waals surface area contributed by atoms with Crippen LogP contribution in [0, 0.1) is 12.7 Å². The highest BCUT2D eigenvalue weighted by atomic mass is 35.5. The molecule has 2 aromatic carbocycles. The lowest BCUT2D eigenvalue weighted by Gasteiger charge is -2.12. The fourth-order valence-electron chi connectivity index (χ4n) is 2.78. The first kappa shape index (κ1) is 19.1. The molecule has 1 aromatic heterocycles. The molecule has 0 aliphatic rings. The number of benzene rings is 2. The van der Waals surface area contributed by atoms with Crippen molar-refractivity contribution in [1.82, 2.24) is 15.1 Å². The van der Waals surface area contributed by atoms with Crippen LogP contribution in [0.3, 0.4) is 0 Å². The van der Waals surface area contributed by atoms with Gasteiger partial charge in [0.15, 0.2) is 0 Å². The fraction of sp³-hybridized carbons (Fsp3) is 0.200. The van der Waals surface area contributed by atoms with Gasteiger partial charge in [-0.3, -0.25) is 4.79 Å². The number of hydrogen-bond donors (Lipinski definition) is 2. The Kier molecular flexibility index (Phi) is 5.88. The van der Waals surface area contributed by atoms with Crippen LogP contribution in [0.15, 0.2) is 54.6 Å². The van der Waals surface area contributed by atoms with E-state index >= 15 is 0 Å². The van der Waals surface area contributed by atoms with Crippen molar-refractivity contribution in [3.05, 3.63) is 88.0 Å². The fourth-order valence-corrected chi connectivity index (χ4v) is 3.10. The zero-order chi connectivity index (χ0) is 19.4. The Balaban J connectivity index is 1.69. The standard InChI is InChI=1S/C20H19ClFN3O2/c1-13-18(19(21)25(24-13)12-14-6-3-2-4-7-14)20(27)23-11-17(26)15-8-5-9-16(22)10-15/h2-10,17,26H,11-12H2,1H3,(H,23,27). The smallest absolute Gasteiger partial charge is 0.256 e. The zero-order valence-corrected chi connectivity index (χ0v) is 15.4. The lowest BCUT2D eigenvalue weighted by Crippen LogP contribution is -2.29. The number of nitrogens with zero attached hydrogens (tertiary/aromatic N) is 2. The second-order valence-electron chi connectivity index (χ2n) is 6.18. The van der Waals surface area contributed by atoms with E-state index in [1.807, 2.05) is 30.3 Å². The number of nitrogens with one attached hydrogen (secondary N) is 1. The quantitative estimate of drug-likeness (QED) is 0.680. The first-order valence-electron chi connectivity index (χ1n) is 8.44. The van der Waals surface area contributed by atoms with Gasteiger partial charge < -0.3 is 10.4 Å². The maximum Gasteiger partial charge on any atom is 0.256 e. The Morgan fingerprint density at radius 1 is 1.26 bits per heavy atom. The van der Waals surface area contributed by atoms with Crippen molar-refractivity contribution in [2.45, 2.75) is 19.6 Å². The summed E-state index contributed by atoms with van der Waals surface area (Å²) in [6.07, 6.45) is -1.02. The minimum Gasteiger partial charge on any atom is -0.387 e. The van der Waals surface area contributed by atoms with E-state index in [2.05, 4.69) is 10.4 Å². The van der Waals surface area contributed by atoms with Crippen LogP contribution in [0.2, 0.25) is 5.15 Å². The van der Waals surface area contributed by atoms with Crippen LogP contribution in [0.4, 0.5) is 4.39 Å². The molecule has 0 bridgehead atoms. The van der Waals surface area contributed by atoms with Gasteiger partial charge in [-0.1, -0.05) is 54.1 Å². The number of aromatic nitrogens is 2. The van der Waals surface area contributed by atoms with E-state index in [1.54, 1.807) is 17.7 Å². The number of hydrogen-bond acceptors (Lipinski definition) is 3. The van der Waals surface area contributed by atoms with Crippen molar-refractivity contribution >= 4 is 17.5 Å². The molecule has 1 amide bonds. The predicted molar refractivity (Wildman–Crippen MR) is 101 cm³/mol. The Bertz CT molecular complexity index is 944. The van der Waals surface area contributed by atoms with Gasteiger partial charge in [0.2, 0.25) is 0 Å². The molecule has 1 atom stereocenters. The molecular weight excluding hydrogens is 369 g/mol. The molecule has 27 heavy (non-hydrogen) atoms. The Morgan fingerprint density at radius 3 is 2.70 bits per heavy atom. The molecule has 3 aromatic rings. The van der Waals surface area contributed by atoms with Gasteiger partial charge in [-0.05, 0) is 30.2 Å². The van der Waals surface area contributed by atoms with Gasteiger partial charge in [0.05, 0.1) is 23.9 Å². The summed E-state index contributed by atoms with van der Waals surface area (Å²) in [7, 11) is 0. The minimum atomic E-state index is -1.02. The number of amides is 1. The van der Waals surface area contributed by atoms with E-state index < -0.39 is 17.8 Å². The summed E-state index contributed by atoms with van der Waals surface area (Å²) >= 11 is 6.36. The largest absolute Gasteiger partial charge is 0.387 e. The van der Waals surface area contributed by atoms with Crippen molar-refractivity contribution < 1.29 is 14.3 Å². The van der Waals surface area contributed by atoms with Gasteiger partial charge >= 0.3 is 0 Å². The summed E-state index contributed by atoms with van der Waals surface area (Å²) in [4.78, 5) is 12.5. The Morgan fingerprint density at radius 2 is 2.00 bits per heavy atom. The van der Waals surface area contributed by atoms with Gasteiger partial charge in [0, 0.05) is 6.54 Å². The Labute approximate surface area is 161 Å². The molecule has 3 rings (SSSR count). The van der Waals surface area contributed by atoms with E-state index in [-0.39, 0.29) is 17.3 Å². The molecule has 0 aliphatic carbocycles. The summed E-state index contributed by atoms with van der Waals surface area (Å²) < 4.78 is 14.8. The summed E-state index contributed by atoms with van der Waals surface area (Å²) in [6, 6.07) is 15.3. The summed E-state index contributed by atoms with van der Waals surface area (Å²) in [6.45, 7) is 2.08. The molecule has 0 spiro atoms. The van der Waals surface area contributed by atoms with Crippen LogP contribution in [0.25, 0.3) is 0 Å². The third kappa shape index (κ3) is 4.53. The minimum absolute atomic E-state index is 0.0675. The van der Waals surface area contributed by atoms with E-state index in [4.69, 9.17) is 11.6 Å². The maximum atomic E-state index is 13.3. The molecule has 0 fully saturated rings. The van der Waals surface area contributed by atoms with E-state index in [0.717, 1.165) is 5.56 Å². The number of rotatable bonds is 6. The predicted octanol–water partition coefficient (Wildman–Crippen LogP) is 3.50. The zero-order valence-electron chi connectivity index (χ0n) is 14.7. The normalized spacial score (nSPS) is 12.0. The average molecular weight is 388 g/mol. The molecule has 0 saturated heterocycles. The van der Waals surface area contributed by atoms with Crippen molar-refractivity contribution in [2.75, 3.05) is 6.54 Å². The highest BCUT2D eigenvalue weighted by molar-refractivity contribution is 6.33. The molecule has 2 N–H and O–H groups in total. The average Bonchev–Trinajstić information content (AvgIpc) is 2.93. The van der Waals surface area contributed by atoms with Crippen molar-refractivity contribution in [2.24, 2.45) is 0 Å². The third-order valence-corrected chi connectivity index (χ3v) is 4.54. The first-order valence-corrected chi connectivity index (χ1v) is 8.82. The van der Waals surface area contributed by atoms with Gasteiger partial charge in [0.1, 0.15) is 11.0 Å². The number of aliphatic hydroxyl groups excluding tert-OH is 1. The number of halogens is 2.